The molecule has 4 rings (SSSR count). The zero-order valence-corrected chi connectivity index (χ0v) is 21.0. The normalized spacial score (nSPS) is 47.8. The molecule has 6 nitrogen and oxygen atoms in total. The molecule has 4 saturated carbocycles. The van der Waals surface area contributed by atoms with Crippen molar-refractivity contribution in [2.24, 2.45) is 52.1 Å². The second-order valence-electron chi connectivity index (χ2n) is 12.5. The average molecular weight is 465 g/mol. The monoisotopic (exact) mass is 464 g/mol. The Morgan fingerprint density at radius 3 is 2.58 bits per heavy atom. The van der Waals surface area contributed by atoms with Crippen molar-refractivity contribution in [1.82, 2.24) is 5.32 Å². The number of nitrogens with two attached hydrogens (primary N) is 1. The maximum Gasteiger partial charge on any atom is 0.220 e. The predicted molar refractivity (Wildman–Crippen MR) is 129 cm³/mol. The fourth-order valence-electron chi connectivity index (χ4n) is 9.11. The first-order valence-electron chi connectivity index (χ1n) is 13.6. The van der Waals surface area contributed by atoms with Gasteiger partial charge in [-0.25, -0.2) is 0 Å². The Bertz CT molecular complexity index is 704. The van der Waals surface area contributed by atoms with Crippen LogP contribution in [0.4, 0.5) is 0 Å². The fourth-order valence-corrected chi connectivity index (χ4v) is 9.11. The lowest BCUT2D eigenvalue weighted by molar-refractivity contribution is -0.207. The van der Waals surface area contributed by atoms with E-state index in [1.165, 1.54) is 0 Å². The summed E-state index contributed by atoms with van der Waals surface area (Å²) in [6.07, 6.45) is 7.55. The molecule has 33 heavy (non-hydrogen) atoms. The van der Waals surface area contributed by atoms with Gasteiger partial charge in [0.1, 0.15) is 0 Å². The molecule has 0 spiro atoms. The van der Waals surface area contributed by atoms with Crippen LogP contribution in [0.5, 0.6) is 0 Å². The van der Waals surface area contributed by atoms with Gasteiger partial charge in [0.05, 0.1) is 18.3 Å². The minimum atomic E-state index is -0.369. The third-order valence-electron chi connectivity index (χ3n) is 11.1. The Kier molecular flexibility index (Phi) is 7.51. The van der Waals surface area contributed by atoms with Crippen LogP contribution in [-0.2, 0) is 4.79 Å². The lowest BCUT2D eigenvalue weighted by Crippen LogP contribution is -2.62. The van der Waals surface area contributed by atoms with E-state index in [0.717, 1.165) is 57.8 Å². The van der Waals surface area contributed by atoms with Gasteiger partial charge in [-0.05, 0) is 111 Å². The van der Waals surface area contributed by atoms with Crippen molar-refractivity contribution >= 4 is 5.91 Å². The van der Waals surface area contributed by atoms with Crippen molar-refractivity contribution < 1.29 is 20.1 Å². The van der Waals surface area contributed by atoms with E-state index < -0.39 is 0 Å². The smallest absolute Gasteiger partial charge is 0.220 e. The summed E-state index contributed by atoms with van der Waals surface area (Å²) in [6, 6.07) is 0. The maximum absolute atomic E-state index is 12.2. The van der Waals surface area contributed by atoms with Gasteiger partial charge in [-0.3, -0.25) is 4.79 Å². The molecule has 11 atom stereocenters. The van der Waals surface area contributed by atoms with Crippen molar-refractivity contribution in [3.63, 3.8) is 0 Å². The molecule has 0 radical (unpaired) electrons. The average Bonchev–Trinajstić information content (AvgIpc) is 3.13. The van der Waals surface area contributed by atoms with E-state index in [0.29, 0.717) is 49.1 Å². The van der Waals surface area contributed by atoms with Gasteiger partial charge in [-0.2, -0.15) is 0 Å². The Morgan fingerprint density at radius 2 is 1.85 bits per heavy atom. The first-order valence-corrected chi connectivity index (χ1v) is 13.6. The predicted octanol–water partition coefficient (Wildman–Crippen LogP) is 2.83. The van der Waals surface area contributed by atoms with Gasteiger partial charge in [0, 0.05) is 13.0 Å². The number of nitrogens with one attached hydrogen (secondary N) is 1. The molecule has 0 aliphatic heterocycles. The minimum absolute atomic E-state index is 0.0976. The highest BCUT2D eigenvalue weighted by Gasteiger charge is 2.65. The highest BCUT2D eigenvalue weighted by molar-refractivity contribution is 5.75. The zero-order chi connectivity index (χ0) is 24.0. The van der Waals surface area contributed by atoms with Gasteiger partial charge in [0.25, 0.3) is 0 Å². The number of carbonyl (C=O) groups is 1. The Labute approximate surface area is 200 Å². The van der Waals surface area contributed by atoms with E-state index >= 15 is 0 Å². The van der Waals surface area contributed by atoms with Crippen molar-refractivity contribution in [2.75, 3.05) is 13.1 Å². The molecular formula is C27H48N2O4. The van der Waals surface area contributed by atoms with Crippen LogP contribution in [0.25, 0.3) is 0 Å². The second kappa shape index (κ2) is 9.75. The molecular weight excluding hydrogens is 416 g/mol. The molecule has 0 bridgehead atoms. The molecule has 0 aromatic heterocycles. The van der Waals surface area contributed by atoms with Crippen LogP contribution < -0.4 is 11.1 Å². The van der Waals surface area contributed by atoms with Gasteiger partial charge < -0.3 is 26.4 Å². The molecule has 0 aromatic carbocycles. The zero-order valence-electron chi connectivity index (χ0n) is 21.0. The van der Waals surface area contributed by atoms with E-state index in [1.54, 1.807) is 0 Å². The molecule has 0 saturated heterocycles. The van der Waals surface area contributed by atoms with Crippen LogP contribution in [-0.4, -0.2) is 52.6 Å². The molecule has 190 valence electrons. The molecule has 0 aromatic rings. The maximum atomic E-state index is 12.2. The SMILES string of the molecule is CC(CCC(=O)NCCCN)C1CCC2C3C(O)CC4CC(O)CCC4(C)C3CC(O)C12C. The lowest BCUT2D eigenvalue weighted by atomic mass is 9.43. The van der Waals surface area contributed by atoms with Crippen molar-refractivity contribution in [2.45, 2.75) is 103 Å². The van der Waals surface area contributed by atoms with E-state index in [9.17, 15) is 20.1 Å². The van der Waals surface area contributed by atoms with Gasteiger partial charge in [0.2, 0.25) is 5.91 Å². The summed E-state index contributed by atoms with van der Waals surface area (Å²) in [5.74, 6) is 2.09. The Balaban J connectivity index is 1.47. The fraction of sp³-hybridized carbons (Fsp3) is 0.963. The molecule has 1 amide bonds. The first-order chi connectivity index (χ1) is 15.6. The third kappa shape index (κ3) is 4.39. The molecule has 6 heteroatoms. The molecule has 4 aliphatic rings. The van der Waals surface area contributed by atoms with Crippen LogP contribution >= 0.6 is 0 Å². The number of aliphatic hydroxyl groups is 3. The number of fused-ring (bicyclic) bond motifs is 5. The van der Waals surface area contributed by atoms with E-state index in [2.05, 4.69) is 26.1 Å². The number of carbonyl (C=O) groups excluding carboxylic acids is 1. The minimum Gasteiger partial charge on any atom is -0.393 e. The highest BCUT2D eigenvalue weighted by Crippen LogP contribution is 2.68. The first kappa shape index (κ1) is 25.4. The van der Waals surface area contributed by atoms with Gasteiger partial charge >= 0.3 is 0 Å². The second-order valence-corrected chi connectivity index (χ2v) is 12.5. The third-order valence-corrected chi connectivity index (χ3v) is 11.1. The molecule has 4 aliphatic carbocycles. The van der Waals surface area contributed by atoms with Crippen molar-refractivity contribution in [1.29, 1.82) is 0 Å². The molecule has 4 fully saturated rings. The van der Waals surface area contributed by atoms with E-state index in [4.69, 9.17) is 5.73 Å². The number of amides is 1. The van der Waals surface area contributed by atoms with Gasteiger partial charge in [-0.15, -0.1) is 0 Å². The quantitative estimate of drug-likeness (QED) is 0.372. The summed E-state index contributed by atoms with van der Waals surface area (Å²) < 4.78 is 0. The molecule has 0 heterocycles. The molecule has 6 N–H and O–H groups in total. The van der Waals surface area contributed by atoms with Gasteiger partial charge in [0.15, 0.2) is 0 Å². The van der Waals surface area contributed by atoms with Crippen LogP contribution in [0.15, 0.2) is 0 Å². The summed E-state index contributed by atoms with van der Waals surface area (Å²) in [7, 11) is 0. The Morgan fingerprint density at radius 1 is 1.09 bits per heavy atom. The molecule has 11 unspecified atom stereocenters. The van der Waals surface area contributed by atoms with Crippen molar-refractivity contribution in [3.05, 3.63) is 0 Å². The summed E-state index contributed by atoms with van der Waals surface area (Å²) >= 11 is 0. The number of hydrogen-bond donors (Lipinski definition) is 5. The van der Waals surface area contributed by atoms with Crippen LogP contribution in [0, 0.1) is 46.3 Å². The van der Waals surface area contributed by atoms with Crippen LogP contribution in [0.1, 0.15) is 85.0 Å². The standard InChI is InChI=1S/C27H48N2O4/c1-16(5-8-24(33)29-12-4-11-28)19-6-7-20-25-21(15-23(32)27(19,20)3)26(2)10-9-18(30)13-17(26)14-22(25)31/h16-23,25,30-32H,4-15,28H2,1-3H3,(H,29,33). The number of aliphatic hydroxyl groups excluding tert-OH is 3. The van der Waals surface area contributed by atoms with Gasteiger partial charge in [-0.1, -0.05) is 20.8 Å². The number of rotatable bonds is 7. The van der Waals surface area contributed by atoms with E-state index in [1.807, 2.05) is 0 Å². The van der Waals surface area contributed by atoms with E-state index in [-0.39, 0.29) is 41.0 Å². The topological polar surface area (TPSA) is 116 Å². The van der Waals surface area contributed by atoms with Crippen molar-refractivity contribution in [3.8, 4) is 0 Å². The summed E-state index contributed by atoms with van der Waals surface area (Å²) in [6.45, 7) is 8.14. The number of hydrogen-bond acceptors (Lipinski definition) is 5. The lowest BCUT2D eigenvalue weighted by Gasteiger charge is -2.63. The highest BCUT2D eigenvalue weighted by atomic mass is 16.3. The summed E-state index contributed by atoms with van der Waals surface area (Å²) in [5.41, 5.74) is 5.42. The van der Waals surface area contributed by atoms with Crippen LogP contribution in [0.2, 0.25) is 0 Å². The largest absolute Gasteiger partial charge is 0.393 e. The summed E-state index contributed by atoms with van der Waals surface area (Å²) in [5, 5.41) is 36.2. The Hall–Kier alpha value is -0.690. The summed E-state index contributed by atoms with van der Waals surface area (Å²) in [4.78, 5) is 12.2. The van der Waals surface area contributed by atoms with Crippen LogP contribution in [0.3, 0.4) is 0 Å².